The van der Waals surface area contributed by atoms with Crippen molar-refractivity contribution in [3.05, 3.63) is 46.6 Å². The molecule has 0 spiro atoms. The van der Waals surface area contributed by atoms with E-state index < -0.39 is 0 Å². The molecule has 4 unspecified atom stereocenters. The zero-order chi connectivity index (χ0) is 20.0. The molecule has 4 atom stereocenters. The molecule has 0 saturated carbocycles. The molecule has 0 N–H and O–H groups in total. The van der Waals surface area contributed by atoms with Gasteiger partial charge in [0.25, 0.3) is 0 Å². The molecule has 0 aromatic rings. The highest BCUT2D eigenvalue weighted by Gasteiger charge is 2.50. The van der Waals surface area contributed by atoms with Crippen molar-refractivity contribution in [2.45, 2.75) is 73.6 Å². The average Bonchev–Trinajstić information content (AvgIpc) is 2.92. The average molecular weight is 367 g/mol. The first kappa shape index (κ1) is 20.0. The van der Waals surface area contributed by atoms with Gasteiger partial charge in [-0.15, -0.1) is 0 Å². The van der Waals surface area contributed by atoms with Gasteiger partial charge in [-0.25, -0.2) is 0 Å². The molecule has 4 aliphatic carbocycles. The van der Waals surface area contributed by atoms with E-state index in [9.17, 15) is 9.59 Å². The van der Waals surface area contributed by atoms with Gasteiger partial charge in [0.1, 0.15) is 5.78 Å². The van der Waals surface area contributed by atoms with Crippen LogP contribution in [0.2, 0.25) is 0 Å². The minimum absolute atomic E-state index is 0.0102. The molecule has 0 aromatic heterocycles. The van der Waals surface area contributed by atoms with Crippen molar-refractivity contribution in [2.24, 2.45) is 22.7 Å². The Morgan fingerprint density at radius 3 is 2.56 bits per heavy atom. The zero-order valence-corrected chi connectivity index (χ0v) is 17.8. The Morgan fingerprint density at radius 1 is 1.26 bits per heavy atom. The fraction of sp³-hybridized carbons (Fsp3) is 0.600. The topological polar surface area (TPSA) is 34.1 Å². The lowest BCUT2D eigenvalue weighted by atomic mass is 9.54. The highest BCUT2D eigenvalue weighted by molar-refractivity contribution is 6.01. The van der Waals surface area contributed by atoms with Crippen molar-refractivity contribution >= 4 is 11.6 Å². The minimum atomic E-state index is -0.0102. The molecule has 0 amide bonds. The Labute approximate surface area is 164 Å². The number of fused-ring (bicyclic) bond motifs is 4. The van der Waals surface area contributed by atoms with Crippen LogP contribution in [0.1, 0.15) is 73.6 Å². The molecule has 0 aliphatic heterocycles. The van der Waals surface area contributed by atoms with Crippen LogP contribution in [-0.2, 0) is 9.59 Å². The number of carbonyl (C=O) groups is 2. The fourth-order valence-electron chi connectivity index (χ4n) is 5.36. The van der Waals surface area contributed by atoms with E-state index in [2.05, 4.69) is 39.8 Å². The molecule has 0 saturated heterocycles. The monoisotopic (exact) mass is 366 g/mol. The highest BCUT2D eigenvalue weighted by Crippen LogP contribution is 2.62. The maximum absolute atomic E-state index is 11.8. The highest BCUT2D eigenvalue weighted by atomic mass is 16.1. The summed E-state index contributed by atoms with van der Waals surface area (Å²) < 4.78 is 0. The summed E-state index contributed by atoms with van der Waals surface area (Å²) in [5, 5.41) is 0. The second kappa shape index (κ2) is 7.04. The number of rotatable bonds is 1. The first-order chi connectivity index (χ1) is 12.6. The fourth-order valence-corrected chi connectivity index (χ4v) is 5.36. The van der Waals surface area contributed by atoms with E-state index >= 15 is 0 Å². The summed E-state index contributed by atoms with van der Waals surface area (Å²) in [5.74, 6) is 1.73. The SMILES string of the molecule is CC1CC2=CC(=O)C=CC2(C)C2=C1C1=CCC(C)C1(C)CC2.CCC(C)=O. The largest absolute Gasteiger partial charge is 0.300 e. The van der Waals surface area contributed by atoms with Gasteiger partial charge in [0.05, 0.1) is 0 Å². The second-order valence-electron chi connectivity index (χ2n) is 9.33. The minimum Gasteiger partial charge on any atom is -0.300 e. The Hall–Kier alpha value is -1.70. The van der Waals surface area contributed by atoms with Gasteiger partial charge in [0, 0.05) is 11.8 Å². The molecular formula is C25H34O2. The molecule has 146 valence electrons. The van der Waals surface area contributed by atoms with Crippen LogP contribution >= 0.6 is 0 Å². The third-order valence-electron chi connectivity index (χ3n) is 7.60. The van der Waals surface area contributed by atoms with Crippen LogP contribution in [0.15, 0.2) is 46.6 Å². The van der Waals surface area contributed by atoms with Crippen molar-refractivity contribution < 1.29 is 9.59 Å². The van der Waals surface area contributed by atoms with Crippen LogP contribution in [0.5, 0.6) is 0 Å². The lowest BCUT2D eigenvalue weighted by Crippen LogP contribution is -2.38. The standard InChI is InChI=1S/C21H26O.C4H8O/c1-13-11-15-12-16(22)7-9-21(15,4)18-8-10-20(3)14(2)5-6-17(20)19(13)18;1-3-4(2)5/h6-7,9,12-14H,5,8,10-11H2,1-4H3;3H2,1-2H3. The van der Waals surface area contributed by atoms with E-state index in [1.54, 1.807) is 29.7 Å². The Kier molecular flexibility index (Phi) is 5.22. The molecule has 0 fully saturated rings. The molecule has 0 radical (unpaired) electrons. The van der Waals surface area contributed by atoms with Crippen molar-refractivity contribution in [2.75, 3.05) is 0 Å². The van der Waals surface area contributed by atoms with E-state index in [0.717, 1.165) is 12.3 Å². The number of hydrogen-bond acceptors (Lipinski definition) is 2. The summed E-state index contributed by atoms with van der Waals surface area (Å²) in [7, 11) is 0. The Morgan fingerprint density at radius 2 is 1.93 bits per heavy atom. The van der Waals surface area contributed by atoms with Crippen LogP contribution in [0.25, 0.3) is 0 Å². The van der Waals surface area contributed by atoms with Gasteiger partial charge in [0.2, 0.25) is 0 Å². The smallest absolute Gasteiger partial charge is 0.178 e. The quantitative estimate of drug-likeness (QED) is 0.558. The first-order valence-corrected chi connectivity index (χ1v) is 10.5. The van der Waals surface area contributed by atoms with Gasteiger partial charge >= 0.3 is 0 Å². The normalized spacial score (nSPS) is 36.7. The van der Waals surface area contributed by atoms with Crippen molar-refractivity contribution in [3.8, 4) is 0 Å². The molecule has 27 heavy (non-hydrogen) atoms. The van der Waals surface area contributed by atoms with E-state index in [4.69, 9.17) is 0 Å². The molecule has 4 aliphatic rings. The summed E-state index contributed by atoms with van der Waals surface area (Å²) in [6.45, 7) is 13.0. The van der Waals surface area contributed by atoms with Crippen LogP contribution in [0.4, 0.5) is 0 Å². The van der Waals surface area contributed by atoms with Crippen molar-refractivity contribution in [1.29, 1.82) is 0 Å². The number of allylic oxidation sites excluding steroid dienone is 8. The predicted octanol–water partition coefficient (Wildman–Crippen LogP) is 6.15. The Bertz CT molecular complexity index is 791. The maximum Gasteiger partial charge on any atom is 0.178 e. The number of hydrogen-bond donors (Lipinski definition) is 0. The van der Waals surface area contributed by atoms with Crippen LogP contribution in [-0.4, -0.2) is 11.6 Å². The number of carbonyl (C=O) groups excluding carboxylic acids is 2. The lowest BCUT2D eigenvalue weighted by Gasteiger charge is -2.50. The molecule has 0 heterocycles. The van der Waals surface area contributed by atoms with Gasteiger partial charge in [0.15, 0.2) is 5.78 Å². The number of Topliss-reactive ketones (excluding diaryl/α,β-unsaturated/α-hetero) is 1. The maximum atomic E-state index is 11.8. The molecule has 2 nitrogen and oxygen atoms in total. The zero-order valence-electron chi connectivity index (χ0n) is 17.8. The van der Waals surface area contributed by atoms with E-state index in [1.165, 1.54) is 24.8 Å². The van der Waals surface area contributed by atoms with E-state index in [1.807, 2.05) is 13.0 Å². The lowest BCUT2D eigenvalue weighted by molar-refractivity contribution is -0.116. The van der Waals surface area contributed by atoms with E-state index in [-0.39, 0.29) is 17.0 Å². The summed E-state index contributed by atoms with van der Waals surface area (Å²) in [6.07, 6.45) is 13.7. The van der Waals surface area contributed by atoms with Gasteiger partial charge in [-0.2, -0.15) is 0 Å². The summed E-state index contributed by atoms with van der Waals surface area (Å²) >= 11 is 0. The summed E-state index contributed by atoms with van der Waals surface area (Å²) in [4.78, 5) is 21.6. The molecule has 2 heteroatoms. The third kappa shape index (κ3) is 3.22. The number of ketones is 2. The van der Waals surface area contributed by atoms with Crippen molar-refractivity contribution in [3.63, 3.8) is 0 Å². The molecule has 0 bridgehead atoms. The Balaban J connectivity index is 0.000000376. The van der Waals surface area contributed by atoms with Gasteiger partial charge < -0.3 is 4.79 Å². The van der Waals surface area contributed by atoms with E-state index in [0.29, 0.717) is 17.8 Å². The molecule has 0 aromatic carbocycles. The molecular weight excluding hydrogens is 332 g/mol. The van der Waals surface area contributed by atoms with Crippen LogP contribution in [0.3, 0.4) is 0 Å². The van der Waals surface area contributed by atoms with Crippen LogP contribution in [0, 0.1) is 22.7 Å². The van der Waals surface area contributed by atoms with Gasteiger partial charge in [-0.05, 0) is 80.1 Å². The molecule has 4 rings (SSSR count). The summed E-state index contributed by atoms with van der Waals surface area (Å²) in [6, 6.07) is 0. The van der Waals surface area contributed by atoms with Crippen molar-refractivity contribution in [1.82, 2.24) is 0 Å². The second-order valence-corrected chi connectivity index (χ2v) is 9.33. The third-order valence-corrected chi connectivity index (χ3v) is 7.60. The van der Waals surface area contributed by atoms with Gasteiger partial charge in [-0.3, -0.25) is 4.79 Å². The predicted molar refractivity (Wildman–Crippen MR) is 111 cm³/mol. The first-order valence-electron chi connectivity index (χ1n) is 10.5. The summed E-state index contributed by atoms with van der Waals surface area (Å²) in [5.41, 5.74) is 6.57. The van der Waals surface area contributed by atoms with Gasteiger partial charge in [-0.1, -0.05) is 51.0 Å². The van der Waals surface area contributed by atoms with Crippen LogP contribution < -0.4 is 0 Å².